The van der Waals surface area contributed by atoms with Gasteiger partial charge in [0.15, 0.2) is 5.65 Å². The fraction of sp³-hybridized carbons (Fsp3) is 0.500. The number of nitrogens with zero attached hydrogens (tertiary/aromatic N) is 3. The maximum Gasteiger partial charge on any atom is 0.241 e. The van der Waals surface area contributed by atoms with Gasteiger partial charge in [-0.25, -0.2) is 4.98 Å². The molecule has 2 aromatic rings. The zero-order chi connectivity index (χ0) is 15.1. The van der Waals surface area contributed by atoms with Crippen molar-refractivity contribution in [3.05, 3.63) is 18.0 Å². The normalized spacial score (nSPS) is 13.5. The molecule has 0 aliphatic carbocycles. The molecule has 0 bridgehead atoms. The van der Waals surface area contributed by atoms with E-state index in [4.69, 9.17) is 5.73 Å². The first kappa shape index (κ1) is 14.5. The number of carbonyl (C=O) groups excluding carboxylic acids is 1. The van der Waals surface area contributed by atoms with Crippen LogP contribution in [-0.2, 0) is 11.8 Å². The minimum Gasteiger partial charge on any atom is -0.323 e. The van der Waals surface area contributed by atoms with Crippen LogP contribution in [0.4, 0.5) is 5.69 Å². The highest BCUT2D eigenvalue weighted by atomic mass is 16.2. The number of anilines is 1. The van der Waals surface area contributed by atoms with E-state index in [1.807, 2.05) is 40.8 Å². The van der Waals surface area contributed by atoms with E-state index in [1.165, 1.54) is 0 Å². The van der Waals surface area contributed by atoms with Crippen LogP contribution < -0.4 is 11.1 Å². The smallest absolute Gasteiger partial charge is 0.241 e. The fourth-order valence-corrected chi connectivity index (χ4v) is 1.99. The number of aryl methyl sites for hydroxylation is 2. The minimum absolute atomic E-state index is 0.208. The lowest BCUT2D eigenvalue weighted by Gasteiger charge is -2.25. The summed E-state index contributed by atoms with van der Waals surface area (Å²) in [4.78, 5) is 16.4. The summed E-state index contributed by atoms with van der Waals surface area (Å²) in [7, 11) is 1.84. The second-order valence-electron chi connectivity index (χ2n) is 6.14. The lowest BCUT2D eigenvalue weighted by Crippen LogP contribution is -2.45. The predicted molar refractivity (Wildman–Crippen MR) is 79.3 cm³/mol. The van der Waals surface area contributed by atoms with Crippen molar-refractivity contribution in [1.29, 1.82) is 0 Å². The molecule has 1 atom stereocenters. The van der Waals surface area contributed by atoms with Gasteiger partial charge in [-0.15, -0.1) is 0 Å². The zero-order valence-electron chi connectivity index (χ0n) is 12.6. The van der Waals surface area contributed by atoms with Crippen molar-refractivity contribution in [2.24, 2.45) is 18.2 Å². The second-order valence-corrected chi connectivity index (χ2v) is 6.14. The summed E-state index contributed by atoms with van der Waals surface area (Å²) in [5, 5.41) is 8.04. The molecule has 0 aromatic carbocycles. The molecule has 0 aliphatic rings. The Morgan fingerprint density at radius 2 is 2.10 bits per heavy atom. The zero-order valence-corrected chi connectivity index (χ0v) is 12.6. The third-order valence-electron chi connectivity index (χ3n) is 3.35. The Bertz CT molecular complexity index is 653. The highest BCUT2D eigenvalue weighted by molar-refractivity contribution is 5.96. The van der Waals surface area contributed by atoms with Crippen LogP contribution in [0.2, 0.25) is 0 Å². The van der Waals surface area contributed by atoms with Crippen LogP contribution in [0.1, 0.15) is 26.5 Å². The molecule has 0 saturated heterocycles. The summed E-state index contributed by atoms with van der Waals surface area (Å²) in [5.74, 6) is -0.208. The largest absolute Gasteiger partial charge is 0.323 e. The molecule has 108 valence electrons. The van der Waals surface area contributed by atoms with Gasteiger partial charge in [0.1, 0.15) is 0 Å². The summed E-state index contributed by atoms with van der Waals surface area (Å²) in [5.41, 5.74) is 7.96. The first-order valence-corrected chi connectivity index (χ1v) is 6.56. The minimum atomic E-state index is -0.576. The van der Waals surface area contributed by atoms with Crippen molar-refractivity contribution >= 4 is 22.6 Å². The second kappa shape index (κ2) is 4.86. The molecule has 2 aromatic heterocycles. The van der Waals surface area contributed by atoms with Crippen LogP contribution in [0.3, 0.4) is 0 Å². The molecule has 2 heterocycles. The first-order chi connectivity index (χ1) is 9.20. The van der Waals surface area contributed by atoms with Crippen molar-refractivity contribution in [3.8, 4) is 0 Å². The molecule has 3 N–H and O–H groups in total. The lowest BCUT2D eigenvalue weighted by atomic mass is 9.87. The molecule has 0 saturated carbocycles. The number of pyridine rings is 1. The standard InChI is InChI=1S/C14H21N5O/c1-8-10-6-9(7-16-12(10)19(5)18-8)17-13(20)11(15)14(2,3)4/h6-7,11H,15H2,1-5H3,(H,17,20)/t11-/m0/s1. The van der Waals surface area contributed by atoms with Crippen LogP contribution in [0.5, 0.6) is 0 Å². The van der Waals surface area contributed by atoms with Gasteiger partial charge in [-0.3, -0.25) is 9.48 Å². The van der Waals surface area contributed by atoms with Crippen molar-refractivity contribution < 1.29 is 4.79 Å². The number of nitrogens with one attached hydrogen (secondary N) is 1. The Hall–Kier alpha value is -1.95. The van der Waals surface area contributed by atoms with Crippen LogP contribution >= 0.6 is 0 Å². The highest BCUT2D eigenvalue weighted by Crippen LogP contribution is 2.21. The van der Waals surface area contributed by atoms with E-state index >= 15 is 0 Å². The summed E-state index contributed by atoms with van der Waals surface area (Å²) in [6, 6.07) is 1.30. The number of aromatic nitrogens is 3. The van der Waals surface area contributed by atoms with E-state index in [2.05, 4.69) is 15.4 Å². The first-order valence-electron chi connectivity index (χ1n) is 6.56. The molecular weight excluding hydrogens is 254 g/mol. The lowest BCUT2D eigenvalue weighted by molar-refractivity contribution is -0.119. The van der Waals surface area contributed by atoms with Crippen LogP contribution in [0.25, 0.3) is 11.0 Å². The average molecular weight is 275 g/mol. The maximum atomic E-state index is 12.1. The molecular formula is C14H21N5O. The number of rotatable bonds is 2. The fourth-order valence-electron chi connectivity index (χ4n) is 1.99. The Balaban J connectivity index is 2.27. The number of carbonyl (C=O) groups is 1. The van der Waals surface area contributed by atoms with E-state index in [0.29, 0.717) is 5.69 Å². The van der Waals surface area contributed by atoms with Crippen LogP contribution in [0.15, 0.2) is 12.3 Å². The molecule has 2 rings (SSSR count). The van der Waals surface area contributed by atoms with E-state index < -0.39 is 6.04 Å². The Labute approximate surface area is 118 Å². The number of amides is 1. The Morgan fingerprint density at radius 1 is 1.45 bits per heavy atom. The van der Waals surface area contributed by atoms with Gasteiger partial charge in [0, 0.05) is 12.4 Å². The van der Waals surface area contributed by atoms with E-state index in [9.17, 15) is 4.79 Å². The number of hydrogen-bond acceptors (Lipinski definition) is 4. The highest BCUT2D eigenvalue weighted by Gasteiger charge is 2.27. The molecule has 6 heteroatoms. The van der Waals surface area contributed by atoms with Gasteiger partial charge in [-0.1, -0.05) is 20.8 Å². The van der Waals surface area contributed by atoms with Crippen molar-refractivity contribution in [2.75, 3.05) is 5.32 Å². The molecule has 6 nitrogen and oxygen atoms in total. The van der Waals surface area contributed by atoms with E-state index in [1.54, 1.807) is 10.9 Å². The summed E-state index contributed by atoms with van der Waals surface area (Å²) in [6.07, 6.45) is 1.62. The molecule has 0 unspecified atom stereocenters. The SMILES string of the molecule is Cc1nn(C)c2ncc(NC(=O)[C@H](N)C(C)(C)C)cc12. The van der Waals surface area contributed by atoms with E-state index in [0.717, 1.165) is 16.7 Å². The average Bonchev–Trinajstić information content (AvgIpc) is 2.62. The Morgan fingerprint density at radius 3 is 2.70 bits per heavy atom. The monoisotopic (exact) mass is 275 g/mol. The van der Waals surface area contributed by atoms with Crippen LogP contribution in [-0.4, -0.2) is 26.7 Å². The number of fused-ring (bicyclic) bond motifs is 1. The van der Waals surface area contributed by atoms with Crippen molar-refractivity contribution in [2.45, 2.75) is 33.7 Å². The van der Waals surface area contributed by atoms with Gasteiger partial charge in [-0.05, 0) is 18.4 Å². The van der Waals surface area contributed by atoms with Crippen molar-refractivity contribution in [3.63, 3.8) is 0 Å². The number of hydrogen-bond donors (Lipinski definition) is 2. The van der Waals surface area contributed by atoms with Gasteiger partial charge >= 0.3 is 0 Å². The summed E-state index contributed by atoms with van der Waals surface area (Å²) in [6.45, 7) is 7.72. The molecule has 0 spiro atoms. The number of nitrogens with two attached hydrogens (primary N) is 1. The van der Waals surface area contributed by atoms with Gasteiger partial charge < -0.3 is 11.1 Å². The Kier molecular flexibility index (Phi) is 3.52. The van der Waals surface area contributed by atoms with Gasteiger partial charge in [0.2, 0.25) is 5.91 Å². The molecule has 1 amide bonds. The molecule has 0 radical (unpaired) electrons. The third-order valence-corrected chi connectivity index (χ3v) is 3.35. The van der Waals surface area contributed by atoms with Gasteiger partial charge in [0.05, 0.1) is 23.6 Å². The van der Waals surface area contributed by atoms with E-state index in [-0.39, 0.29) is 11.3 Å². The van der Waals surface area contributed by atoms with Crippen molar-refractivity contribution in [1.82, 2.24) is 14.8 Å². The van der Waals surface area contributed by atoms with Gasteiger partial charge in [-0.2, -0.15) is 5.10 Å². The van der Waals surface area contributed by atoms with Gasteiger partial charge in [0.25, 0.3) is 0 Å². The summed E-state index contributed by atoms with van der Waals surface area (Å²) >= 11 is 0. The third kappa shape index (κ3) is 2.65. The summed E-state index contributed by atoms with van der Waals surface area (Å²) < 4.78 is 1.72. The predicted octanol–water partition coefficient (Wildman–Crippen LogP) is 1.59. The molecule has 20 heavy (non-hydrogen) atoms. The molecule has 0 fully saturated rings. The molecule has 0 aliphatic heterocycles. The maximum absolute atomic E-state index is 12.1. The quantitative estimate of drug-likeness (QED) is 0.871. The van der Waals surface area contributed by atoms with Crippen LogP contribution in [0, 0.1) is 12.3 Å². The topological polar surface area (TPSA) is 85.8 Å².